The maximum Gasteiger partial charge on any atom is 0.125 e. The molecule has 1 fully saturated rings. The van der Waals surface area contributed by atoms with E-state index in [1.807, 2.05) is 0 Å². The van der Waals surface area contributed by atoms with Gasteiger partial charge >= 0.3 is 0 Å². The zero-order valence-electron chi connectivity index (χ0n) is 12.8. The minimum Gasteiger partial charge on any atom is -0.492 e. The van der Waals surface area contributed by atoms with E-state index in [1.165, 1.54) is 42.6 Å². The van der Waals surface area contributed by atoms with E-state index in [1.54, 1.807) is 0 Å². The van der Waals surface area contributed by atoms with E-state index in [0.29, 0.717) is 0 Å². The summed E-state index contributed by atoms with van der Waals surface area (Å²) in [6, 6.07) is 4.40. The first-order valence-electron chi connectivity index (χ1n) is 7.49. The molecule has 0 spiro atoms. The molecule has 1 heterocycles. The number of likely N-dealkylation sites (tertiary alicyclic amines) is 1. The molecule has 1 aliphatic heterocycles. The second-order valence-corrected chi connectivity index (χ2v) is 6.12. The molecule has 0 aromatic heterocycles. The third-order valence-electron chi connectivity index (χ3n) is 4.00. The van der Waals surface area contributed by atoms with Gasteiger partial charge in [0.15, 0.2) is 0 Å². The molecular formula is C17H27NO. The number of hydrogen-bond acceptors (Lipinski definition) is 2. The van der Waals surface area contributed by atoms with Crippen LogP contribution in [0.1, 0.15) is 36.5 Å². The summed E-state index contributed by atoms with van der Waals surface area (Å²) in [7, 11) is 0. The zero-order chi connectivity index (χ0) is 13.8. The van der Waals surface area contributed by atoms with E-state index < -0.39 is 0 Å². The highest BCUT2D eigenvalue weighted by Gasteiger charge is 2.16. The molecule has 1 aromatic rings. The summed E-state index contributed by atoms with van der Waals surface area (Å²) >= 11 is 0. The molecule has 1 aromatic carbocycles. The van der Waals surface area contributed by atoms with Gasteiger partial charge in [-0.15, -0.1) is 0 Å². The first-order valence-corrected chi connectivity index (χ1v) is 7.49. The Kier molecular flexibility index (Phi) is 4.87. The van der Waals surface area contributed by atoms with Crippen LogP contribution in [0, 0.1) is 26.7 Å². The molecule has 1 aliphatic rings. The maximum atomic E-state index is 6.02. The number of ether oxygens (including phenoxy) is 1. The van der Waals surface area contributed by atoms with Crippen LogP contribution in [0.15, 0.2) is 12.1 Å². The molecule has 1 saturated heterocycles. The van der Waals surface area contributed by atoms with Crippen LogP contribution >= 0.6 is 0 Å². The number of hydrogen-bond donors (Lipinski definition) is 0. The molecule has 0 saturated carbocycles. The molecule has 0 aliphatic carbocycles. The normalized spacial score (nSPS) is 20.5. The number of nitrogens with zero attached hydrogens (tertiary/aromatic N) is 1. The summed E-state index contributed by atoms with van der Waals surface area (Å²) in [6.45, 7) is 13.1. The molecule has 0 bridgehead atoms. The van der Waals surface area contributed by atoms with Crippen LogP contribution in [0.25, 0.3) is 0 Å². The third kappa shape index (κ3) is 3.97. The van der Waals surface area contributed by atoms with E-state index in [4.69, 9.17) is 4.74 Å². The summed E-state index contributed by atoms with van der Waals surface area (Å²) in [5.41, 5.74) is 3.82. The Morgan fingerprint density at radius 2 is 1.89 bits per heavy atom. The SMILES string of the molecule is Cc1cc(C)c(OCCN2CCCC(C)C2)c(C)c1. The molecule has 0 N–H and O–H groups in total. The third-order valence-corrected chi connectivity index (χ3v) is 4.00. The van der Waals surface area contributed by atoms with Crippen molar-refractivity contribution in [1.29, 1.82) is 0 Å². The van der Waals surface area contributed by atoms with Gasteiger partial charge in [0.1, 0.15) is 12.4 Å². The van der Waals surface area contributed by atoms with Crippen molar-refractivity contribution in [3.63, 3.8) is 0 Å². The second kappa shape index (κ2) is 6.42. The summed E-state index contributed by atoms with van der Waals surface area (Å²) < 4.78 is 6.02. The second-order valence-electron chi connectivity index (χ2n) is 6.12. The summed E-state index contributed by atoms with van der Waals surface area (Å²) in [5.74, 6) is 1.92. The number of benzene rings is 1. The van der Waals surface area contributed by atoms with Crippen molar-refractivity contribution in [3.05, 3.63) is 28.8 Å². The Morgan fingerprint density at radius 1 is 1.21 bits per heavy atom. The Hall–Kier alpha value is -1.02. The van der Waals surface area contributed by atoms with Gasteiger partial charge in [-0.2, -0.15) is 0 Å². The van der Waals surface area contributed by atoms with Gasteiger partial charge in [0, 0.05) is 13.1 Å². The molecule has 1 unspecified atom stereocenters. The van der Waals surface area contributed by atoms with E-state index in [2.05, 4.69) is 44.7 Å². The van der Waals surface area contributed by atoms with Crippen LogP contribution in [-0.4, -0.2) is 31.1 Å². The van der Waals surface area contributed by atoms with E-state index in [0.717, 1.165) is 24.8 Å². The average Bonchev–Trinajstić information content (AvgIpc) is 2.32. The minimum absolute atomic E-state index is 0.803. The fourth-order valence-electron chi connectivity index (χ4n) is 3.16. The van der Waals surface area contributed by atoms with Crippen molar-refractivity contribution in [1.82, 2.24) is 4.90 Å². The lowest BCUT2D eigenvalue weighted by Crippen LogP contribution is -2.37. The molecular weight excluding hydrogens is 234 g/mol. The largest absolute Gasteiger partial charge is 0.492 e. The zero-order valence-corrected chi connectivity index (χ0v) is 12.8. The van der Waals surface area contributed by atoms with E-state index in [9.17, 15) is 0 Å². The summed E-state index contributed by atoms with van der Waals surface area (Å²) in [4.78, 5) is 2.53. The van der Waals surface area contributed by atoms with Crippen LogP contribution in [0.5, 0.6) is 5.75 Å². The van der Waals surface area contributed by atoms with E-state index >= 15 is 0 Å². The van der Waals surface area contributed by atoms with Gasteiger partial charge in [0.2, 0.25) is 0 Å². The van der Waals surface area contributed by atoms with Crippen LogP contribution in [0.4, 0.5) is 0 Å². The lowest BCUT2D eigenvalue weighted by molar-refractivity contribution is 0.153. The van der Waals surface area contributed by atoms with E-state index in [-0.39, 0.29) is 0 Å². The van der Waals surface area contributed by atoms with Crippen molar-refractivity contribution in [2.45, 2.75) is 40.5 Å². The maximum absolute atomic E-state index is 6.02. The first-order chi connectivity index (χ1) is 9.06. The molecule has 0 amide bonds. The van der Waals surface area contributed by atoms with Gasteiger partial charge in [0.05, 0.1) is 0 Å². The average molecular weight is 261 g/mol. The number of piperidine rings is 1. The lowest BCUT2D eigenvalue weighted by Gasteiger charge is -2.30. The Balaban J connectivity index is 1.85. The van der Waals surface area contributed by atoms with Crippen LogP contribution in [0.2, 0.25) is 0 Å². The van der Waals surface area contributed by atoms with Gasteiger partial charge in [-0.05, 0) is 57.2 Å². The van der Waals surface area contributed by atoms with Gasteiger partial charge in [-0.25, -0.2) is 0 Å². The molecule has 19 heavy (non-hydrogen) atoms. The Bertz CT molecular complexity index is 404. The predicted octanol–water partition coefficient (Wildman–Crippen LogP) is 3.72. The fraction of sp³-hybridized carbons (Fsp3) is 0.647. The molecule has 2 rings (SSSR count). The van der Waals surface area contributed by atoms with Crippen LogP contribution in [-0.2, 0) is 0 Å². The summed E-state index contributed by atoms with van der Waals surface area (Å²) in [6.07, 6.45) is 2.72. The van der Waals surface area contributed by atoms with Crippen LogP contribution < -0.4 is 4.74 Å². The van der Waals surface area contributed by atoms with Crippen molar-refractivity contribution >= 4 is 0 Å². The molecule has 2 heteroatoms. The quantitative estimate of drug-likeness (QED) is 0.819. The molecule has 2 nitrogen and oxygen atoms in total. The fourth-order valence-corrected chi connectivity index (χ4v) is 3.16. The minimum atomic E-state index is 0.803. The molecule has 106 valence electrons. The predicted molar refractivity (Wildman–Crippen MR) is 81.0 cm³/mol. The van der Waals surface area contributed by atoms with Crippen molar-refractivity contribution < 1.29 is 4.74 Å². The Morgan fingerprint density at radius 3 is 2.53 bits per heavy atom. The number of aryl methyl sites for hydroxylation is 3. The van der Waals surface area contributed by atoms with Crippen molar-refractivity contribution in [2.24, 2.45) is 5.92 Å². The Labute approximate surface area is 117 Å². The monoisotopic (exact) mass is 261 g/mol. The van der Waals surface area contributed by atoms with Crippen molar-refractivity contribution in [3.8, 4) is 5.75 Å². The topological polar surface area (TPSA) is 12.5 Å². The standard InChI is InChI=1S/C17H27NO/c1-13-6-5-7-18(12-13)8-9-19-17-15(3)10-14(2)11-16(17)4/h10-11,13H,5-9,12H2,1-4H3. The highest BCUT2D eigenvalue weighted by molar-refractivity contribution is 5.42. The first kappa shape index (κ1) is 14.4. The lowest BCUT2D eigenvalue weighted by atomic mass is 10.0. The molecule has 0 radical (unpaired) electrons. The van der Waals surface area contributed by atoms with Crippen molar-refractivity contribution in [2.75, 3.05) is 26.2 Å². The number of rotatable bonds is 4. The van der Waals surface area contributed by atoms with Gasteiger partial charge in [-0.1, -0.05) is 24.6 Å². The highest BCUT2D eigenvalue weighted by Crippen LogP contribution is 2.24. The smallest absolute Gasteiger partial charge is 0.125 e. The van der Waals surface area contributed by atoms with Gasteiger partial charge in [-0.3, -0.25) is 4.90 Å². The molecule has 1 atom stereocenters. The van der Waals surface area contributed by atoms with Gasteiger partial charge in [0.25, 0.3) is 0 Å². The summed E-state index contributed by atoms with van der Waals surface area (Å²) in [5, 5.41) is 0. The van der Waals surface area contributed by atoms with Gasteiger partial charge < -0.3 is 4.74 Å². The van der Waals surface area contributed by atoms with Crippen LogP contribution in [0.3, 0.4) is 0 Å². The highest BCUT2D eigenvalue weighted by atomic mass is 16.5.